The molecular weight excluding hydrogens is 843 g/mol. The van der Waals surface area contributed by atoms with Gasteiger partial charge in [0, 0.05) is 34.3 Å². The molecule has 1 saturated heterocycles. The molecule has 0 aromatic heterocycles. The first kappa shape index (κ1) is 45.7. The van der Waals surface area contributed by atoms with Gasteiger partial charge in [0.05, 0.1) is 18.8 Å². The molecule has 6 saturated carbocycles. The van der Waals surface area contributed by atoms with Crippen LogP contribution in [0.3, 0.4) is 0 Å². The third-order valence-electron chi connectivity index (χ3n) is 15.3. The Morgan fingerprint density at radius 1 is 1.10 bits per heavy atom. The van der Waals surface area contributed by atoms with E-state index in [9.17, 15) is 38.5 Å². The molecule has 5 N–H and O–H groups in total. The number of ether oxygens (including phenoxy) is 3. The number of rotatable bonds is 14. The van der Waals surface area contributed by atoms with Crippen LogP contribution in [-0.4, -0.2) is 94.4 Å². The number of esters is 1. The Kier molecular flexibility index (Phi) is 11.4. The van der Waals surface area contributed by atoms with Gasteiger partial charge in [-0.1, -0.05) is 37.3 Å². The van der Waals surface area contributed by atoms with Crippen LogP contribution < -0.4 is 21.3 Å². The number of fused-ring (bicyclic) bond motifs is 7. The van der Waals surface area contributed by atoms with E-state index in [1.54, 1.807) is 27.7 Å². The number of halogens is 2. The number of carbonyl (C=O) groups excluding carboxylic acids is 5. The molecule has 7 fully saturated rings. The van der Waals surface area contributed by atoms with Crippen molar-refractivity contribution in [1.29, 1.82) is 0 Å². The minimum atomic E-state index is -3.42. The molecule has 2 amide bonds. The van der Waals surface area contributed by atoms with Gasteiger partial charge < -0.3 is 40.6 Å². The molecule has 1 aromatic rings. The molecule has 9 rings (SSSR count). The smallest absolute Gasteiger partial charge is 0.488 e. The number of aliphatic hydroxyl groups excluding tert-OH is 1. The number of ketones is 2. The normalized spacial score (nSPS) is 40.1. The summed E-state index contributed by atoms with van der Waals surface area (Å²) < 4.78 is 68.7. The summed E-state index contributed by atoms with van der Waals surface area (Å²) in [7, 11) is -3.42. The maximum absolute atomic E-state index is 17.8. The van der Waals surface area contributed by atoms with Crippen molar-refractivity contribution in [3.8, 4) is 0 Å². The molecule has 8 aliphatic rings. The first-order valence-corrected chi connectivity index (χ1v) is 22.7. The first-order valence-electron chi connectivity index (χ1n) is 21.6. The minimum Gasteiger partial charge on any atom is -0.566 e. The van der Waals surface area contributed by atoms with Crippen molar-refractivity contribution in [2.75, 3.05) is 13.2 Å². The van der Waals surface area contributed by atoms with Crippen LogP contribution in [-0.2, 0) is 53.7 Å². The Balaban J connectivity index is 0.947. The lowest BCUT2D eigenvalue weighted by Crippen LogP contribution is -2.76. The SMILES string of the molecule is CC(C)(C)OC(=O)CC[C@H](NC(=O)CN)C(=O)NC12CC(Cc3ccc([C@@H]4O[C@@H]5C[C@H]6[C@@H]7C[C@H](F)C8=CC(=O)C=C[C@]8(C)[C@@]7(F)[C@@H](O)C[C@]6(C)[C@]5(C(=O)CO[P+](=O)[O-])O4)cc3)(C1)C2. The highest BCUT2D eigenvalue weighted by atomic mass is 31.1. The number of carbonyl (C=O) groups is 5. The predicted molar refractivity (Wildman–Crippen MR) is 217 cm³/mol. The van der Waals surface area contributed by atoms with E-state index in [1.165, 1.54) is 19.1 Å². The van der Waals surface area contributed by atoms with E-state index in [0.717, 1.165) is 30.9 Å². The fraction of sp³-hybridized carbons (Fsp3) is 0.667. The lowest BCUT2D eigenvalue weighted by Gasteiger charge is -2.71. The average molecular weight is 900 g/mol. The van der Waals surface area contributed by atoms with Crippen LogP contribution in [0.25, 0.3) is 0 Å². The van der Waals surface area contributed by atoms with Crippen LogP contribution in [0.15, 0.2) is 48.1 Å². The molecule has 63 heavy (non-hydrogen) atoms. The molecule has 7 aliphatic carbocycles. The number of amides is 2. The number of hydrogen-bond donors (Lipinski definition) is 4. The molecule has 342 valence electrons. The van der Waals surface area contributed by atoms with E-state index in [1.807, 2.05) is 24.3 Å². The quantitative estimate of drug-likeness (QED) is 0.155. The van der Waals surface area contributed by atoms with Gasteiger partial charge in [0.25, 0.3) is 0 Å². The third-order valence-corrected chi connectivity index (χ3v) is 15.7. The number of hydrogen-bond acceptors (Lipinski definition) is 13. The summed E-state index contributed by atoms with van der Waals surface area (Å²) in [6.07, 6.45) is 0.348. The molecule has 2 bridgehead atoms. The largest absolute Gasteiger partial charge is 0.566 e. The van der Waals surface area contributed by atoms with Crippen LogP contribution in [0.1, 0.15) is 103 Å². The highest BCUT2D eigenvalue weighted by molar-refractivity contribution is 7.30. The van der Waals surface area contributed by atoms with Gasteiger partial charge in [-0.3, -0.25) is 24.0 Å². The molecule has 12 atom stereocenters. The molecule has 15 nitrogen and oxygen atoms in total. The second-order valence-corrected chi connectivity index (χ2v) is 21.2. The zero-order chi connectivity index (χ0) is 45.7. The number of nitrogens with one attached hydrogen (secondary N) is 2. The number of alkyl halides is 2. The summed E-state index contributed by atoms with van der Waals surface area (Å²) in [5.74, 6) is -4.47. The van der Waals surface area contributed by atoms with E-state index >= 15 is 8.78 Å². The van der Waals surface area contributed by atoms with E-state index in [0.29, 0.717) is 12.0 Å². The van der Waals surface area contributed by atoms with Crippen molar-refractivity contribution in [3.05, 3.63) is 59.2 Å². The van der Waals surface area contributed by atoms with Crippen molar-refractivity contribution >= 4 is 37.6 Å². The number of nitrogens with two attached hydrogens (primary N) is 1. The van der Waals surface area contributed by atoms with Crippen molar-refractivity contribution in [1.82, 2.24) is 10.6 Å². The molecule has 0 spiro atoms. The first-order chi connectivity index (χ1) is 29.4. The van der Waals surface area contributed by atoms with Crippen molar-refractivity contribution in [3.63, 3.8) is 0 Å². The number of benzene rings is 1. The summed E-state index contributed by atoms with van der Waals surface area (Å²) >= 11 is 0. The number of Topliss-reactive ketones (excluding diaryl/α,β-unsaturated/α-hetero) is 1. The summed E-state index contributed by atoms with van der Waals surface area (Å²) in [6, 6.07) is 6.50. The third kappa shape index (κ3) is 7.43. The van der Waals surface area contributed by atoms with Crippen LogP contribution >= 0.6 is 8.25 Å². The van der Waals surface area contributed by atoms with Gasteiger partial charge in [-0.2, -0.15) is 0 Å². The highest BCUT2D eigenvalue weighted by Gasteiger charge is 2.80. The van der Waals surface area contributed by atoms with Crippen molar-refractivity contribution in [2.45, 2.75) is 146 Å². The van der Waals surface area contributed by atoms with Crippen LogP contribution in [0.4, 0.5) is 8.78 Å². The van der Waals surface area contributed by atoms with Gasteiger partial charge in [-0.25, -0.2) is 8.78 Å². The Hall–Kier alpha value is -3.83. The maximum atomic E-state index is 17.8. The van der Waals surface area contributed by atoms with E-state index in [4.69, 9.17) is 24.5 Å². The van der Waals surface area contributed by atoms with Crippen molar-refractivity contribution < 1.29 is 66.1 Å². The summed E-state index contributed by atoms with van der Waals surface area (Å²) in [5.41, 5.74) is -1.43. The molecule has 0 radical (unpaired) electrons. The van der Waals surface area contributed by atoms with E-state index < -0.39 is 114 Å². The monoisotopic (exact) mass is 899 g/mol. The van der Waals surface area contributed by atoms with Gasteiger partial charge in [0.2, 0.25) is 11.8 Å². The molecule has 18 heteroatoms. The fourth-order valence-corrected chi connectivity index (χ4v) is 13.1. The molecule has 1 aromatic carbocycles. The van der Waals surface area contributed by atoms with E-state index in [-0.39, 0.29) is 55.5 Å². The number of aliphatic hydroxyl groups is 1. The Morgan fingerprint density at radius 2 is 1.78 bits per heavy atom. The Labute approximate surface area is 365 Å². The zero-order valence-electron chi connectivity index (χ0n) is 36.1. The summed E-state index contributed by atoms with van der Waals surface area (Å²) in [4.78, 5) is 76.0. The maximum Gasteiger partial charge on any atom is 0.488 e. The van der Waals surface area contributed by atoms with Gasteiger partial charge in [0.1, 0.15) is 17.8 Å². The Bertz CT molecular complexity index is 2160. The topological polar surface area (TPSA) is 233 Å². The summed E-state index contributed by atoms with van der Waals surface area (Å²) in [5, 5.41) is 17.6. The molecule has 1 aliphatic heterocycles. The number of allylic oxidation sites excluding steroid dienone is 4. The van der Waals surface area contributed by atoms with Crippen LogP contribution in [0.5, 0.6) is 0 Å². The second-order valence-electron chi connectivity index (χ2n) is 20.5. The second kappa shape index (κ2) is 15.7. The zero-order valence-corrected chi connectivity index (χ0v) is 37.0. The van der Waals surface area contributed by atoms with Crippen molar-refractivity contribution in [2.24, 2.45) is 33.8 Å². The molecule has 1 heterocycles. The predicted octanol–water partition coefficient (Wildman–Crippen LogP) is 3.52. The summed E-state index contributed by atoms with van der Waals surface area (Å²) in [6.45, 7) is 7.22. The highest BCUT2D eigenvalue weighted by Crippen LogP contribution is 2.73. The van der Waals surface area contributed by atoms with Crippen LogP contribution in [0.2, 0.25) is 0 Å². The molecule has 1 unspecified atom stereocenters. The standard InChI is InChI=1S/C45H56F2N3O12P/c1-39(2,3)61-36(55)11-10-31(49-35(54)19-48)37(56)50-43-21-42(22-43,23-43)17-24-6-8-25(9-7-24)38-60-34-16-27-28-15-30(46)29-14-26(51)12-13-40(29,4)44(28,47)32(52)18-41(27,5)45(34,62-38)33(53)20-59-63(57)58/h6-9,12-14,27-28,30-32,34,38,52H,10-11,15-23,48H2,1-5H3,(H,49,54)(H,50,56)/t27-,28-,30-,31-,32-,34+,38+,40-,41-,42?,43?,44-,45+/m0/s1. The van der Waals surface area contributed by atoms with Gasteiger partial charge in [-0.05, 0) is 118 Å². The molecular formula is C45H56F2N3O12P. The minimum absolute atomic E-state index is 0.0309. The fourth-order valence-electron chi connectivity index (χ4n) is 12.9. The van der Waals surface area contributed by atoms with Gasteiger partial charge >= 0.3 is 14.2 Å². The average Bonchev–Trinajstić information content (AvgIpc) is 3.68. The lowest BCUT2D eigenvalue weighted by atomic mass is 9.38. The van der Waals surface area contributed by atoms with Gasteiger partial charge in [0.15, 0.2) is 35.7 Å². The van der Waals surface area contributed by atoms with E-state index in [2.05, 4.69) is 10.6 Å². The Morgan fingerprint density at radius 3 is 2.41 bits per heavy atom. The van der Waals surface area contributed by atoms with Crippen LogP contribution in [0, 0.1) is 28.1 Å². The van der Waals surface area contributed by atoms with Gasteiger partial charge in [-0.15, -0.1) is 4.52 Å². The lowest BCUT2D eigenvalue weighted by molar-refractivity contribution is -0.235.